The molecule has 3 saturated carbocycles. The number of carbonyl (C=O) groups excluding carboxylic acids is 3. The first-order valence-corrected chi connectivity index (χ1v) is 26.6. The van der Waals surface area contributed by atoms with E-state index in [-0.39, 0.29) is 47.0 Å². The number of alkyl halides is 2. The molecule has 2 heterocycles. The summed E-state index contributed by atoms with van der Waals surface area (Å²) in [5.41, 5.74) is 22.2. The number of aliphatic carboxylic acids is 1. The average molecular weight is 1100 g/mol. The number of nitrogen functional groups attached to an aromatic ring is 1. The first-order valence-electron chi connectivity index (χ1n) is 26.6. The molecule has 81 heavy (non-hydrogen) atoms. The number of anilines is 2. The molecule has 422 valence electrons. The molecular weight excluding hydrogens is 1030 g/mol. The number of aromatic amines is 2. The van der Waals surface area contributed by atoms with Gasteiger partial charge in [-0.25, -0.2) is 23.5 Å². The second-order valence-electron chi connectivity index (χ2n) is 20.9. The van der Waals surface area contributed by atoms with Crippen LogP contribution in [0.4, 0.5) is 20.7 Å². The van der Waals surface area contributed by atoms with Crippen LogP contribution in [0.3, 0.4) is 0 Å². The number of carboxylic acid groups (broad SMARTS) is 1. The van der Waals surface area contributed by atoms with Crippen LogP contribution in [-0.4, -0.2) is 79.0 Å². The van der Waals surface area contributed by atoms with Crippen molar-refractivity contribution in [3.05, 3.63) is 203 Å². The Bertz CT molecular complexity index is 3370. The highest BCUT2D eigenvalue weighted by atomic mass is 19.3. The Morgan fingerprint density at radius 1 is 0.630 bits per heavy atom. The van der Waals surface area contributed by atoms with Crippen molar-refractivity contribution in [2.24, 2.45) is 28.6 Å². The normalized spacial score (nSPS) is 19.4. The summed E-state index contributed by atoms with van der Waals surface area (Å²) in [6.07, 6.45) is 2.86. The second kappa shape index (κ2) is 27.7. The van der Waals surface area contributed by atoms with Gasteiger partial charge in [0.25, 0.3) is 5.92 Å². The maximum absolute atomic E-state index is 13.4. The number of para-hydroxylation sites is 4. The van der Waals surface area contributed by atoms with Crippen LogP contribution in [0.15, 0.2) is 175 Å². The fraction of sp³-hybridized carbons (Fsp3) is 0.297. The number of amides is 1. The molecule has 1 amide bonds. The van der Waals surface area contributed by atoms with Crippen LogP contribution in [0.2, 0.25) is 0 Å². The van der Waals surface area contributed by atoms with Gasteiger partial charge in [0, 0.05) is 11.8 Å². The zero-order valence-electron chi connectivity index (χ0n) is 46.7. The number of halogens is 2. The molecule has 0 spiro atoms. The number of aromatic nitrogens is 4. The van der Waals surface area contributed by atoms with Crippen LogP contribution in [0.25, 0.3) is 33.7 Å². The van der Waals surface area contributed by atoms with Crippen molar-refractivity contribution in [2.45, 2.75) is 79.1 Å². The van der Waals surface area contributed by atoms with Crippen LogP contribution in [0.5, 0.6) is 0 Å². The standard InChI is InChI=1S/C19H19N3O.C12H12F2O2.C12H14O2.C10H12.C7H7N3.C4H6N2O2/c1-19(2)15(12-8-4-3-5-9-12)16(19)17(23)22-18-20-13-10-6-7-11-14(13)21-18;1-2-16-11(15)10-9(12(10,13)14)8-6-4-3-5-7-8;1-12(2)9(10(12)11(13)14)8-6-4-3-5-7-8;1-9(2)8-10-6-4-3-5-7-10;8-7-9-5-3-1-2-4-6(5)10-7;1-2-8-4(7)3-6-5/h3-11,15-16H,1-2H3,(H2,20,21,22,23);3-7,9-10H,2H2,1H3;3-7,9-10H,1-2H3,(H,13,14);3-8H,1-2H3;1-4H,(H3,8,9,10);3H,2H2,1H3. The van der Waals surface area contributed by atoms with E-state index in [0.717, 1.165) is 27.6 Å². The Kier molecular flexibility index (Phi) is 20.9. The predicted octanol–water partition coefficient (Wildman–Crippen LogP) is 13.2. The zero-order chi connectivity index (χ0) is 58.9. The Morgan fingerprint density at radius 2 is 1.06 bits per heavy atom. The maximum Gasteiger partial charge on any atom is 0.413 e. The number of fused-ring (bicyclic) bond motifs is 2. The van der Waals surface area contributed by atoms with E-state index < -0.39 is 35.7 Å². The van der Waals surface area contributed by atoms with E-state index in [2.05, 4.69) is 110 Å². The van der Waals surface area contributed by atoms with Gasteiger partial charge in [-0.3, -0.25) is 19.7 Å². The fourth-order valence-electron chi connectivity index (χ4n) is 10.0. The largest absolute Gasteiger partial charge is 0.481 e. The summed E-state index contributed by atoms with van der Waals surface area (Å²) in [6, 6.07) is 54.3. The lowest BCUT2D eigenvalue weighted by Crippen LogP contribution is -2.17. The number of ether oxygens (including phenoxy) is 2. The number of carboxylic acids is 1. The van der Waals surface area contributed by atoms with Gasteiger partial charge in [-0.05, 0) is 85.0 Å². The molecule has 15 nitrogen and oxygen atoms in total. The number of esters is 2. The topological polar surface area (TPSA) is 239 Å². The lowest BCUT2D eigenvalue weighted by molar-refractivity contribution is -0.147. The summed E-state index contributed by atoms with van der Waals surface area (Å²) < 4.78 is 35.8. The van der Waals surface area contributed by atoms with Crippen LogP contribution < -0.4 is 11.1 Å². The number of hydrogen-bond donors (Lipinski definition) is 5. The van der Waals surface area contributed by atoms with Crippen molar-refractivity contribution in [3.8, 4) is 0 Å². The van der Waals surface area contributed by atoms with Crippen molar-refractivity contribution in [2.75, 3.05) is 24.3 Å². The molecule has 6 aromatic carbocycles. The van der Waals surface area contributed by atoms with E-state index in [1.54, 1.807) is 44.2 Å². The molecule has 6 atom stereocenters. The molecule has 2 aromatic heterocycles. The van der Waals surface area contributed by atoms with Gasteiger partial charge in [-0.2, -0.15) is 4.79 Å². The van der Waals surface area contributed by atoms with E-state index in [0.29, 0.717) is 30.3 Å². The molecule has 0 saturated heterocycles. The molecule has 11 rings (SSSR count). The predicted molar refractivity (Wildman–Crippen MR) is 312 cm³/mol. The van der Waals surface area contributed by atoms with Gasteiger partial charge < -0.3 is 35.8 Å². The molecule has 3 aliphatic carbocycles. The van der Waals surface area contributed by atoms with E-state index in [1.807, 2.05) is 117 Å². The minimum atomic E-state index is -2.96. The number of carbonyl (C=O) groups is 4. The van der Waals surface area contributed by atoms with Crippen molar-refractivity contribution in [1.29, 1.82) is 0 Å². The number of nitrogens with zero attached hydrogens (tertiary/aromatic N) is 4. The summed E-state index contributed by atoms with van der Waals surface area (Å²) in [5, 5.41) is 12.0. The van der Waals surface area contributed by atoms with Crippen molar-refractivity contribution in [1.82, 2.24) is 19.9 Å². The molecule has 8 aromatic rings. The Hall–Kier alpha value is -9.08. The summed E-state index contributed by atoms with van der Waals surface area (Å²) in [7, 11) is 0. The number of benzene rings is 6. The Morgan fingerprint density at radius 3 is 1.51 bits per heavy atom. The molecule has 3 fully saturated rings. The number of rotatable bonds is 11. The number of imidazole rings is 2. The van der Waals surface area contributed by atoms with Crippen molar-refractivity contribution in [3.63, 3.8) is 0 Å². The Balaban J connectivity index is 0.000000163. The minimum absolute atomic E-state index is 0.0295. The number of nitrogens with two attached hydrogens (primary N) is 1. The molecular formula is C64H70F2N8O7. The van der Waals surface area contributed by atoms with Crippen LogP contribution in [-0.2, 0) is 28.7 Å². The highest BCUT2D eigenvalue weighted by molar-refractivity contribution is 6.20. The third-order valence-corrected chi connectivity index (χ3v) is 14.0. The maximum atomic E-state index is 13.4. The van der Waals surface area contributed by atoms with Gasteiger partial charge in [0.05, 0.1) is 53.0 Å². The van der Waals surface area contributed by atoms with Gasteiger partial charge in [-0.1, -0.05) is 185 Å². The molecule has 0 radical (unpaired) electrons. The lowest BCUT2D eigenvalue weighted by Gasteiger charge is -2.02. The number of nitrogens with one attached hydrogen (secondary N) is 3. The number of hydrogen-bond acceptors (Lipinski definition) is 9. The van der Waals surface area contributed by atoms with E-state index in [1.165, 1.54) is 16.7 Å². The molecule has 0 aliphatic heterocycles. The van der Waals surface area contributed by atoms with Gasteiger partial charge in [0.1, 0.15) is 5.92 Å². The van der Waals surface area contributed by atoms with E-state index >= 15 is 0 Å². The van der Waals surface area contributed by atoms with Crippen LogP contribution in [0.1, 0.15) is 95.4 Å². The first-order chi connectivity index (χ1) is 38.7. The van der Waals surface area contributed by atoms with E-state index in [4.69, 9.17) is 16.4 Å². The quantitative estimate of drug-likeness (QED) is 0.0355. The summed E-state index contributed by atoms with van der Waals surface area (Å²) in [5.74, 6) is -6.19. The van der Waals surface area contributed by atoms with Crippen molar-refractivity contribution >= 4 is 70.1 Å². The number of H-pyrrole nitrogens is 2. The average Bonchev–Trinajstić information content (AvgIpc) is 4.45. The monoisotopic (exact) mass is 1100 g/mol. The highest BCUT2D eigenvalue weighted by Crippen LogP contribution is 2.65. The molecule has 6 N–H and O–H groups in total. The van der Waals surface area contributed by atoms with Crippen LogP contribution in [0, 0.1) is 28.6 Å². The highest BCUT2D eigenvalue weighted by Gasteiger charge is 2.73. The first kappa shape index (κ1) is 61.1. The smallest absolute Gasteiger partial charge is 0.413 e. The van der Waals surface area contributed by atoms with Crippen molar-refractivity contribution < 1.29 is 47.3 Å². The zero-order valence-corrected chi connectivity index (χ0v) is 46.7. The van der Waals surface area contributed by atoms with Gasteiger partial charge >= 0.3 is 24.1 Å². The van der Waals surface area contributed by atoms with Crippen LogP contribution >= 0.6 is 0 Å². The summed E-state index contributed by atoms with van der Waals surface area (Å²) >= 11 is 0. The summed E-state index contributed by atoms with van der Waals surface area (Å²) in [4.78, 5) is 62.0. The third-order valence-electron chi connectivity index (χ3n) is 14.0. The Labute approximate surface area is 470 Å². The SMILES string of the molecule is CC(C)=Cc1ccccc1.CC1(C)C(C(=O)Nc2nc3ccccc3[nH]2)C1c1ccccc1.CC1(C)C(C(=O)O)C1c1ccccc1.CCOC(=O)C1C(c2ccccc2)C1(F)F.CCOC(=O)C=[N+]=[N-].Nc1nc2ccccc2[nH]1. The number of allylic oxidation sites excluding steroid dienone is 1. The second-order valence-corrected chi connectivity index (χ2v) is 20.9. The molecule has 3 aliphatic rings. The lowest BCUT2D eigenvalue weighted by atomic mass is 10.0. The van der Waals surface area contributed by atoms with Gasteiger partial charge in [-0.15, -0.1) is 0 Å². The molecule has 17 heteroatoms. The fourth-order valence-corrected chi connectivity index (χ4v) is 10.0. The molecule has 6 unspecified atom stereocenters. The summed E-state index contributed by atoms with van der Waals surface area (Å²) in [6.45, 7) is 16.2. The third kappa shape index (κ3) is 16.3. The van der Waals surface area contributed by atoms with E-state index in [9.17, 15) is 28.0 Å². The van der Waals surface area contributed by atoms with Gasteiger partial charge in [0.15, 0.2) is 5.95 Å². The van der Waals surface area contributed by atoms with Gasteiger partial charge in [0.2, 0.25) is 11.9 Å². The molecule has 0 bridgehead atoms. The minimum Gasteiger partial charge on any atom is -0.481 e.